The molecule has 3 rings (SSSR count). The number of sulfonamides is 1. The van der Waals surface area contributed by atoms with Crippen molar-refractivity contribution in [3.8, 4) is 0 Å². The van der Waals surface area contributed by atoms with Crippen molar-refractivity contribution in [3.05, 3.63) is 77.2 Å². The maximum atomic E-state index is 12.9. The number of nitrogens with zero attached hydrogens (tertiary/aromatic N) is 1. The van der Waals surface area contributed by atoms with E-state index in [4.69, 9.17) is 0 Å². The van der Waals surface area contributed by atoms with E-state index in [9.17, 15) is 13.2 Å². The standard InChI is InChI=1S/C24H30N2O3S/c1-19(2)23(21-11-7-4-8-12-21)25-24(27)22-13-16-26(17-14-22)30(28,29)18-15-20-9-5-3-6-10-20/h3-12,15,18-19,22-23H,13-14,16-17H2,1-2H3,(H,25,27). The van der Waals surface area contributed by atoms with E-state index >= 15 is 0 Å². The maximum Gasteiger partial charge on any atom is 0.236 e. The largest absolute Gasteiger partial charge is 0.349 e. The van der Waals surface area contributed by atoms with E-state index in [1.807, 2.05) is 60.7 Å². The summed E-state index contributed by atoms with van der Waals surface area (Å²) in [7, 11) is -3.49. The molecule has 2 aromatic carbocycles. The molecule has 0 bridgehead atoms. The van der Waals surface area contributed by atoms with Gasteiger partial charge in [0.15, 0.2) is 0 Å². The quantitative estimate of drug-likeness (QED) is 0.721. The van der Waals surface area contributed by atoms with Gasteiger partial charge in [-0.15, -0.1) is 0 Å². The van der Waals surface area contributed by atoms with E-state index in [0.29, 0.717) is 25.9 Å². The average molecular weight is 427 g/mol. The number of carbonyl (C=O) groups excluding carboxylic acids is 1. The fourth-order valence-corrected chi connectivity index (χ4v) is 4.97. The van der Waals surface area contributed by atoms with Crippen LogP contribution in [-0.4, -0.2) is 31.7 Å². The third kappa shape index (κ3) is 5.80. The van der Waals surface area contributed by atoms with E-state index in [1.165, 1.54) is 9.71 Å². The van der Waals surface area contributed by atoms with Crippen LogP contribution in [0.3, 0.4) is 0 Å². The van der Waals surface area contributed by atoms with Crippen LogP contribution in [0.1, 0.15) is 43.9 Å². The summed E-state index contributed by atoms with van der Waals surface area (Å²) in [5.74, 6) is 0.105. The Bertz CT molecular complexity index is 948. The highest BCUT2D eigenvalue weighted by Crippen LogP contribution is 2.25. The number of piperidine rings is 1. The van der Waals surface area contributed by atoms with Gasteiger partial charge in [0.2, 0.25) is 15.9 Å². The van der Waals surface area contributed by atoms with Crippen molar-refractivity contribution in [2.75, 3.05) is 13.1 Å². The van der Waals surface area contributed by atoms with E-state index < -0.39 is 10.0 Å². The minimum atomic E-state index is -3.49. The molecule has 1 heterocycles. The van der Waals surface area contributed by atoms with Crippen molar-refractivity contribution in [2.24, 2.45) is 11.8 Å². The molecular formula is C24H30N2O3S. The number of nitrogens with one attached hydrogen (secondary N) is 1. The van der Waals surface area contributed by atoms with Crippen LogP contribution in [0, 0.1) is 11.8 Å². The Morgan fingerprint density at radius 3 is 2.13 bits per heavy atom. The van der Waals surface area contributed by atoms with Crippen molar-refractivity contribution >= 4 is 22.0 Å². The lowest BCUT2D eigenvalue weighted by Crippen LogP contribution is -2.43. The van der Waals surface area contributed by atoms with Crippen molar-refractivity contribution in [3.63, 3.8) is 0 Å². The van der Waals surface area contributed by atoms with E-state index in [1.54, 1.807) is 6.08 Å². The summed E-state index contributed by atoms with van der Waals surface area (Å²) in [5.41, 5.74) is 1.93. The molecule has 1 amide bonds. The van der Waals surface area contributed by atoms with E-state index in [0.717, 1.165) is 11.1 Å². The zero-order valence-corrected chi connectivity index (χ0v) is 18.4. The molecular weight excluding hydrogens is 396 g/mol. The van der Waals surface area contributed by atoms with Crippen molar-refractivity contribution in [2.45, 2.75) is 32.7 Å². The summed E-state index contributed by atoms with van der Waals surface area (Å²) in [6.45, 7) is 4.90. The lowest BCUT2D eigenvalue weighted by Gasteiger charge is -2.31. The third-order valence-corrected chi connectivity index (χ3v) is 7.10. The van der Waals surface area contributed by atoms with Crippen molar-refractivity contribution in [1.29, 1.82) is 0 Å². The fourth-order valence-electron chi connectivity index (χ4n) is 3.75. The van der Waals surface area contributed by atoms with Gasteiger partial charge < -0.3 is 5.32 Å². The highest BCUT2D eigenvalue weighted by atomic mass is 32.2. The predicted molar refractivity (Wildman–Crippen MR) is 121 cm³/mol. The summed E-state index contributed by atoms with van der Waals surface area (Å²) in [6.07, 6.45) is 2.68. The highest BCUT2D eigenvalue weighted by Gasteiger charge is 2.31. The Labute approximate surface area is 179 Å². The SMILES string of the molecule is CC(C)C(NC(=O)C1CCN(S(=O)(=O)C=Cc2ccccc2)CC1)c1ccccc1. The van der Waals surface area contributed by atoms with Gasteiger partial charge in [0.1, 0.15) is 0 Å². The second-order valence-corrected chi connectivity index (χ2v) is 9.89. The van der Waals surface area contributed by atoms with Crippen LogP contribution >= 0.6 is 0 Å². The van der Waals surface area contributed by atoms with Crippen LogP contribution in [0.2, 0.25) is 0 Å². The molecule has 1 unspecified atom stereocenters. The lowest BCUT2D eigenvalue weighted by atomic mass is 9.93. The van der Waals surface area contributed by atoms with Crippen molar-refractivity contribution in [1.82, 2.24) is 9.62 Å². The van der Waals surface area contributed by atoms with Crippen LogP contribution in [0.15, 0.2) is 66.1 Å². The molecule has 1 fully saturated rings. The molecule has 6 heteroatoms. The molecule has 2 aromatic rings. The van der Waals surface area contributed by atoms with Crippen LogP contribution in [0.5, 0.6) is 0 Å². The summed E-state index contributed by atoms with van der Waals surface area (Å²) in [6, 6.07) is 19.3. The Hall–Kier alpha value is -2.44. The molecule has 1 atom stereocenters. The summed E-state index contributed by atoms with van der Waals surface area (Å²) in [5, 5.41) is 4.44. The van der Waals surface area contributed by atoms with Gasteiger partial charge >= 0.3 is 0 Å². The van der Waals surface area contributed by atoms with Gasteiger partial charge in [0.05, 0.1) is 6.04 Å². The summed E-state index contributed by atoms with van der Waals surface area (Å²) < 4.78 is 26.7. The average Bonchev–Trinajstić information content (AvgIpc) is 2.77. The van der Waals surface area contributed by atoms with Crippen molar-refractivity contribution < 1.29 is 13.2 Å². The Balaban J connectivity index is 1.58. The minimum absolute atomic E-state index is 0.00873. The zero-order valence-electron chi connectivity index (χ0n) is 17.6. The van der Waals surface area contributed by atoms with Gasteiger partial charge in [-0.1, -0.05) is 74.5 Å². The molecule has 1 aliphatic rings. The number of hydrogen-bond donors (Lipinski definition) is 1. The zero-order chi connectivity index (χ0) is 21.6. The van der Waals surface area contributed by atoms with Gasteiger partial charge in [-0.05, 0) is 36.0 Å². The topological polar surface area (TPSA) is 66.5 Å². The first-order valence-corrected chi connectivity index (χ1v) is 12.0. The molecule has 1 aliphatic heterocycles. The normalized spacial score (nSPS) is 17.3. The van der Waals surface area contributed by atoms with Crippen LogP contribution in [0.25, 0.3) is 6.08 Å². The van der Waals surface area contributed by atoms with Gasteiger partial charge in [0, 0.05) is 24.4 Å². The second kappa shape index (κ2) is 10.0. The second-order valence-electron chi connectivity index (χ2n) is 8.07. The first kappa shape index (κ1) is 22.2. The molecule has 0 radical (unpaired) electrons. The monoisotopic (exact) mass is 426 g/mol. The molecule has 0 saturated carbocycles. The van der Waals surface area contributed by atoms with Gasteiger partial charge in [0.25, 0.3) is 0 Å². The predicted octanol–water partition coefficient (Wildman–Crippen LogP) is 4.21. The number of benzene rings is 2. The lowest BCUT2D eigenvalue weighted by molar-refractivity contribution is -0.127. The molecule has 0 spiro atoms. The molecule has 30 heavy (non-hydrogen) atoms. The molecule has 5 nitrogen and oxygen atoms in total. The summed E-state index contributed by atoms with van der Waals surface area (Å²) >= 11 is 0. The highest BCUT2D eigenvalue weighted by molar-refractivity contribution is 7.92. The Morgan fingerprint density at radius 1 is 1.00 bits per heavy atom. The van der Waals surface area contributed by atoms with Gasteiger partial charge in [-0.2, -0.15) is 4.31 Å². The van der Waals surface area contributed by atoms with Crippen LogP contribution in [-0.2, 0) is 14.8 Å². The molecule has 1 saturated heterocycles. The van der Waals surface area contributed by atoms with E-state index in [2.05, 4.69) is 19.2 Å². The molecule has 0 aromatic heterocycles. The minimum Gasteiger partial charge on any atom is -0.349 e. The fraction of sp³-hybridized carbons (Fsp3) is 0.375. The molecule has 160 valence electrons. The first-order chi connectivity index (χ1) is 14.4. The number of carbonyl (C=O) groups is 1. The van der Waals surface area contributed by atoms with Crippen LogP contribution in [0.4, 0.5) is 0 Å². The number of amides is 1. The molecule has 1 N–H and O–H groups in total. The van der Waals surface area contributed by atoms with Gasteiger partial charge in [-0.25, -0.2) is 8.42 Å². The maximum absolute atomic E-state index is 12.9. The van der Waals surface area contributed by atoms with Gasteiger partial charge in [-0.3, -0.25) is 4.79 Å². The smallest absolute Gasteiger partial charge is 0.236 e. The van der Waals surface area contributed by atoms with E-state index in [-0.39, 0.29) is 23.8 Å². The Morgan fingerprint density at radius 2 is 1.57 bits per heavy atom. The number of rotatable bonds is 7. The number of hydrogen-bond acceptors (Lipinski definition) is 3. The Kier molecular flexibility index (Phi) is 7.45. The summed E-state index contributed by atoms with van der Waals surface area (Å²) in [4.78, 5) is 12.9. The van der Waals surface area contributed by atoms with Crippen LogP contribution < -0.4 is 5.32 Å². The molecule has 0 aliphatic carbocycles. The first-order valence-electron chi connectivity index (χ1n) is 10.5. The third-order valence-electron chi connectivity index (χ3n) is 5.54.